The number of nitrogens with two attached hydrogens (primary N) is 1. The number of thiazole rings is 1. The van der Waals surface area contributed by atoms with E-state index in [-0.39, 0.29) is 0 Å². The lowest BCUT2D eigenvalue weighted by Gasteiger charge is -2.20. The van der Waals surface area contributed by atoms with Crippen molar-refractivity contribution in [2.75, 3.05) is 11.5 Å². The van der Waals surface area contributed by atoms with Crippen molar-refractivity contribution in [3.8, 4) is 0 Å². The van der Waals surface area contributed by atoms with Crippen molar-refractivity contribution < 1.29 is 0 Å². The van der Waals surface area contributed by atoms with Gasteiger partial charge in [0.05, 0.1) is 5.01 Å². The molecule has 0 amide bonds. The lowest BCUT2D eigenvalue weighted by atomic mass is 9.97. The smallest absolute Gasteiger partial charge is 0.0944 e. The van der Waals surface area contributed by atoms with Gasteiger partial charge in [0.1, 0.15) is 0 Å². The summed E-state index contributed by atoms with van der Waals surface area (Å²) in [5.41, 5.74) is 4.07. The molecule has 1 fully saturated rings. The minimum atomic E-state index is 0.394. The van der Waals surface area contributed by atoms with Crippen LogP contribution in [-0.2, 0) is 6.42 Å². The number of hydrazine groups is 1. The van der Waals surface area contributed by atoms with Gasteiger partial charge in [0, 0.05) is 23.5 Å². The van der Waals surface area contributed by atoms with Crippen LogP contribution in [0.15, 0.2) is 5.38 Å². The lowest BCUT2D eigenvalue weighted by molar-refractivity contribution is 0.385. The number of hydrogen-bond donors (Lipinski definition) is 2. The molecule has 1 aliphatic heterocycles. The maximum absolute atomic E-state index is 5.62. The largest absolute Gasteiger partial charge is 0.271 e. The number of aromatic nitrogens is 1. The van der Waals surface area contributed by atoms with Crippen LogP contribution in [0.5, 0.6) is 0 Å². The highest BCUT2D eigenvalue weighted by Gasteiger charge is 2.25. The molecular weight excluding hydrogens is 226 g/mol. The Labute approximate surface area is 98.8 Å². The van der Waals surface area contributed by atoms with Gasteiger partial charge in [-0.05, 0) is 30.8 Å². The minimum Gasteiger partial charge on any atom is -0.271 e. The van der Waals surface area contributed by atoms with E-state index in [0.29, 0.717) is 12.0 Å². The van der Waals surface area contributed by atoms with Gasteiger partial charge in [-0.1, -0.05) is 0 Å². The molecule has 0 aromatic carbocycles. The normalized spacial score (nSPS) is 23.2. The summed E-state index contributed by atoms with van der Waals surface area (Å²) < 4.78 is 0. The van der Waals surface area contributed by atoms with Crippen molar-refractivity contribution in [3.05, 3.63) is 16.1 Å². The summed E-state index contributed by atoms with van der Waals surface area (Å²) in [6.45, 7) is 2.04. The number of aryl methyl sites for hydroxylation is 1. The van der Waals surface area contributed by atoms with E-state index in [0.717, 1.165) is 12.1 Å². The molecule has 0 aliphatic carbocycles. The van der Waals surface area contributed by atoms with Gasteiger partial charge in [-0.3, -0.25) is 11.3 Å². The van der Waals surface area contributed by atoms with E-state index in [4.69, 9.17) is 5.84 Å². The fraction of sp³-hybridized carbons (Fsp3) is 0.700. The van der Waals surface area contributed by atoms with E-state index in [1.165, 1.54) is 22.9 Å². The second-order valence-corrected chi connectivity index (χ2v) is 6.08. The SMILES string of the molecule is Cc1csc(CC(NN)C2CCSC2)n1. The number of nitrogens with one attached hydrogen (secondary N) is 1. The molecule has 2 unspecified atom stereocenters. The maximum atomic E-state index is 5.62. The molecule has 1 aliphatic rings. The van der Waals surface area contributed by atoms with Crippen molar-refractivity contribution in [1.29, 1.82) is 0 Å². The Kier molecular flexibility index (Phi) is 4.02. The summed E-state index contributed by atoms with van der Waals surface area (Å²) in [7, 11) is 0. The van der Waals surface area contributed by atoms with Gasteiger partial charge in [-0.2, -0.15) is 11.8 Å². The Morgan fingerprint density at radius 1 is 1.73 bits per heavy atom. The number of nitrogens with zero attached hydrogens (tertiary/aromatic N) is 1. The van der Waals surface area contributed by atoms with Gasteiger partial charge >= 0.3 is 0 Å². The molecule has 0 bridgehead atoms. The summed E-state index contributed by atoms with van der Waals surface area (Å²) in [5, 5.41) is 3.30. The molecule has 0 radical (unpaired) electrons. The van der Waals surface area contributed by atoms with Gasteiger partial charge in [0.15, 0.2) is 0 Å². The van der Waals surface area contributed by atoms with E-state index < -0.39 is 0 Å². The molecule has 2 atom stereocenters. The van der Waals surface area contributed by atoms with Crippen LogP contribution in [0.3, 0.4) is 0 Å². The number of thioether (sulfide) groups is 1. The van der Waals surface area contributed by atoms with Gasteiger partial charge in [-0.25, -0.2) is 4.98 Å². The first-order valence-corrected chi connectivity index (χ1v) is 7.28. The van der Waals surface area contributed by atoms with E-state index in [2.05, 4.69) is 15.8 Å². The Hall–Kier alpha value is -0.100. The molecule has 0 spiro atoms. The average Bonchev–Trinajstić information content (AvgIpc) is 2.85. The van der Waals surface area contributed by atoms with Crippen LogP contribution in [0.2, 0.25) is 0 Å². The first kappa shape index (κ1) is 11.4. The Morgan fingerprint density at radius 3 is 3.13 bits per heavy atom. The molecule has 2 heterocycles. The highest BCUT2D eigenvalue weighted by atomic mass is 32.2. The van der Waals surface area contributed by atoms with Gasteiger partial charge < -0.3 is 0 Å². The predicted octanol–water partition coefficient (Wildman–Crippen LogP) is 1.58. The Bertz CT molecular complexity index is 307. The van der Waals surface area contributed by atoms with E-state index in [9.17, 15) is 0 Å². The second-order valence-electron chi connectivity index (χ2n) is 3.98. The van der Waals surface area contributed by atoms with Gasteiger partial charge in [0.2, 0.25) is 0 Å². The van der Waals surface area contributed by atoms with Crippen LogP contribution in [0.1, 0.15) is 17.1 Å². The summed E-state index contributed by atoms with van der Waals surface area (Å²) in [6, 6.07) is 0.394. The van der Waals surface area contributed by atoms with Crippen LogP contribution < -0.4 is 11.3 Å². The molecule has 2 rings (SSSR count). The topological polar surface area (TPSA) is 50.9 Å². The third-order valence-electron chi connectivity index (χ3n) is 2.81. The van der Waals surface area contributed by atoms with Crippen LogP contribution in [0.25, 0.3) is 0 Å². The van der Waals surface area contributed by atoms with Crippen LogP contribution in [0, 0.1) is 12.8 Å². The van der Waals surface area contributed by atoms with Gasteiger partial charge in [-0.15, -0.1) is 11.3 Å². The van der Waals surface area contributed by atoms with Crippen molar-refractivity contribution >= 4 is 23.1 Å². The zero-order valence-corrected chi connectivity index (χ0v) is 10.5. The Balaban J connectivity index is 1.95. The van der Waals surface area contributed by atoms with Crippen molar-refractivity contribution in [2.24, 2.45) is 11.8 Å². The Morgan fingerprint density at radius 2 is 2.60 bits per heavy atom. The third-order valence-corrected chi connectivity index (χ3v) is 4.99. The highest BCUT2D eigenvalue weighted by Crippen LogP contribution is 2.27. The zero-order valence-electron chi connectivity index (χ0n) is 8.90. The lowest BCUT2D eigenvalue weighted by Crippen LogP contribution is -2.42. The molecular formula is C10H17N3S2. The van der Waals surface area contributed by atoms with Crippen molar-refractivity contribution in [3.63, 3.8) is 0 Å². The minimum absolute atomic E-state index is 0.394. The van der Waals surface area contributed by atoms with Crippen molar-refractivity contribution in [1.82, 2.24) is 10.4 Å². The number of rotatable bonds is 4. The van der Waals surface area contributed by atoms with Crippen molar-refractivity contribution in [2.45, 2.75) is 25.8 Å². The first-order valence-electron chi connectivity index (χ1n) is 5.24. The summed E-state index contributed by atoms with van der Waals surface area (Å²) >= 11 is 3.77. The van der Waals surface area contributed by atoms with E-state index in [1.807, 2.05) is 18.7 Å². The average molecular weight is 243 g/mol. The van der Waals surface area contributed by atoms with Crippen LogP contribution >= 0.6 is 23.1 Å². The van der Waals surface area contributed by atoms with Crippen LogP contribution in [-0.4, -0.2) is 22.5 Å². The summed E-state index contributed by atoms with van der Waals surface area (Å²) in [5.74, 6) is 8.85. The fourth-order valence-corrected chi connectivity index (χ4v) is 4.09. The van der Waals surface area contributed by atoms with E-state index in [1.54, 1.807) is 11.3 Å². The second kappa shape index (κ2) is 5.30. The van der Waals surface area contributed by atoms with Crippen LogP contribution in [0.4, 0.5) is 0 Å². The third kappa shape index (κ3) is 2.93. The van der Waals surface area contributed by atoms with Gasteiger partial charge in [0.25, 0.3) is 0 Å². The molecule has 15 heavy (non-hydrogen) atoms. The predicted molar refractivity (Wildman–Crippen MR) is 67.1 cm³/mol. The molecule has 0 saturated carbocycles. The molecule has 1 aromatic rings. The molecule has 3 nitrogen and oxygen atoms in total. The zero-order chi connectivity index (χ0) is 10.7. The first-order chi connectivity index (χ1) is 7.29. The molecule has 84 valence electrons. The summed E-state index contributed by atoms with van der Waals surface area (Å²) in [6.07, 6.45) is 2.25. The quantitative estimate of drug-likeness (QED) is 0.623. The highest BCUT2D eigenvalue weighted by molar-refractivity contribution is 7.99. The molecule has 1 aromatic heterocycles. The molecule has 5 heteroatoms. The molecule has 3 N–H and O–H groups in total. The summed E-state index contributed by atoms with van der Waals surface area (Å²) in [4.78, 5) is 4.49. The maximum Gasteiger partial charge on any atom is 0.0944 e. The van der Waals surface area contributed by atoms with E-state index >= 15 is 0 Å². The number of hydrogen-bond acceptors (Lipinski definition) is 5. The fourth-order valence-electron chi connectivity index (χ4n) is 1.92. The molecule has 1 saturated heterocycles. The monoisotopic (exact) mass is 243 g/mol. The standard InChI is InChI=1S/C10H17N3S2/c1-7-5-15-10(12-7)4-9(13-11)8-2-3-14-6-8/h5,8-9,13H,2-4,6,11H2,1H3.